The van der Waals surface area contributed by atoms with Gasteiger partial charge in [0.2, 0.25) is 0 Å². The molecule has 0 spiro atoms. The highest BCUT2D eigenvalue weighted by atomic mass is 28.5. The van der Waals surface area contributed by atoms with Gasteiger partial charge in [-0.2, -0.15) is 0 Å². The Morgan fingerprint density at radius 2 is 0.769 bits per heavy atom. The predicted molar refractivity (Wildman–Crippen MR) is 110 cm³/mol. The van der Waals surface area contributed by atoms with Crippen molar-refractivity contribution in [2.45, 2.75) is 54.3 Å². The summed E-state index contributed by atoms with van der Waals surface area (Å²) in [5.41, 5.74) is 0. The third kappa shape index (κ3) is 10.6. The Morgan fingerprint density at radius 1 is 0.462 bits per heavy atom. The summed E-state index contributed by atoms with van der Waals surface area (Å²) in [6.45, 7) is 18.9. The van der Waals surface area contributed by atoms with Crippen molar-refractivity contribution in [2.75, 3.05) is 51.7 Å². The Bertz CT molecular complexity index is 339. The second-order valence-corrected chi connectivity index (χ2v) is 16.3. The number of hydrogen-bond donors (Lipinski definition) is 0. The molecule has 0 aliphatic heterocycles. The van der Waals surface area contributed by atoms with Crippen molar-refractivity contribution in [2.24, 2.45) is 0 Å². The van der Waals surface area contributed by atoms with Crippen molar-refractivity contribution in [1.82, 2.24) is 0 Å². The maximum Gasteiger partial charge on any atom is 0.352 e. The molecule has 0 aliphatic rings. The van der Waals surface area contributed by atoms with E-state index in [1.165, 1.54) is 0 Å². The van der Waals surface area contributed by atoms with Gasteiger partial charge in [0.25, 0.3) is 0 Å². The Hall–Kier alpha value is 0.371. The largest absolute Gasteiger partial charge is 0.412 e. The summed E-state index contributed by atoms with van der Waals surface area (Å²) in [6.07, 6.45) is 1.36. The molecule has 2 unspecified atom stereocenters. The smallest absolute Gasteiger partial charge is 0.352 e. The van der Waals surface area contributed by atoms with Gasteiger partial charge in [-0.1, -0.05) is 0 Å². The fraction of sp³-hybridized carbons (Fsp3) is 1.00. The zero-order valence-corrected chi connectivity index (χ0v) is 21.0. The summed E-state index contributed by atoms with van der Waals surface area (Å²) in [6, 6.07) is 0. The summed E-state index contributed by atoms with van der Waals surface area (Å²) in [7, 11) is -7.82. The molecule has 0 aromatic heterocycles. The Balaban J connectivity index is 5.41. The van der Waals surface area contributed by atoms with Gasteiger partial charge < -0.3 is 31.3 Å². The van der Waals surface area contributed by atoms with Crippen LogP contribution in [0, 0.1) is 0 Å². The van der Waals surface area contributed by atoms with E-state index in [9.17, 15) is 0 Å². The lowest BCUT2D eigenvalue weighted by molar-refractivity contribution is 0.105. The lowest BCUT2D eigenvalue weighted by Crippen LogP contribution is -2.63. The quantitative estimate of drug-likeness (QED) is 0.330. The van der Waals surface area contributed by atoms with Crippen LogP contribution in [0.1, 0.15) is 34.6 Å². The van der Waals surface area contributed by atoms with Gasteiger partial charge in [-0.25, -0.2) is 0 Å². The summed E-state index contributed by atoms with van der Waals surface area (Å²) >= 11 is 0. The molecule has 0 bridgehead atoms. The molecule has 0 aromatic rings. The first-order chi connectivity index (χ1) is 12.2. The van der Waals surface area contributed by atoms with Crippen LogP contribution in [-0.4, -0.2) is 77.4 Å². The molecule has 0 fully saturated rings. The molecule has 158 valence electrons. The van der Waals surface area contributed by atoms with Gasteiger partial charge in [0, 0.05) is 33.0 Å². The molecule has 0 amide bonds. The lowest BCUT2D eigenvalue weighted by atomic mass is 10.9. The molecule has 26 heavy (non-hydrogen) atoms. The third-order valence-corrected chi connectivity index (χ3v) is 14.4. The molecular weight excluding hydrogens is 388 g/mol. The molecular formula is C16H40O7Si3. The molecule has 0 radical (unpaired) electrons. The summed E-state index contributed by atoms with van der Waals surface area (Å²) in [5, 5.41) is 0. The van der Waals surface area contributed by atoms with Crippen LogP contribution in [-0.2, 0) is 31.3 Å². The number of rotatable bonds is 17. The predicted octanol–water partition coefficient (Wildman–Crippen LogP) is 3.04. The van der Waals surface area contributed by atoms with E-state index in [0.29, 0.717) is 51.7 Å². The SMILES string of the molecule is CCOC[Si](C)(OCC)O[Si](C)(COCC)O[Si](C)(COCC)OCC. The number of hydrogen-bond acceptors (Lipinski definition) is 7. The zero-order valence-electron chi connectivity index (χ0n) is 18.0. The maximum atomic E-state index is 6.57. The second kappa shape index (κ2) is 13.5. The molecule has 0 saturated heterocycles. The van der Waals surface area contributed by atoms with E-state index in [0.717, 1.165) is 0 Å². The van der Waals surface area contributed by atoms with E-state index in [4.69, 9.17) is 31.3 Å². The van der Waals surface area contributed by atoms with Gasteiger partial charge in [-0.05, 0) is 54.3 Å². The summed E-state index contributed by atoms with van der Waals surface area (Å²) < 4.78 is 42.1. The van der Waals surface area contributed by atoms with E-state index in [1.807, 2.05) is 54.3 Å². The van der Waals surface area contributed by atoms with Crippen LogP contribution in [0.5, 0.6) is 0 Å². The molecule has 10 heteroatoms. The van der Waals surface area contributed by atoms with Crippen molar-refractivity contribution in [3.63, 3.8) is 0 Å². The van der Waals surface area contributed by atoms with E-state index < -0.39 is 25.7 Å². The highest BCUT2D eigenvalue weighted by Gasteiger charge is 2.49. The van der Waals surface area contributed by atoms with Crippen molar-refractivity contribution in [3.8, 4) is 0 Å². The van der Waals surface area contributed by atoms with E-state index in [1.54, 1.807) is 0 Å². The van der Waals surface area contributed by atoms with Crippen LogP contribution < -0.4 is 0 Å². The monoisotopic (exact) mass is 428 g/mol. The Kier molecular flexibility index (Phi) is 13.7. The van der Waals surface area contributed by atoms with Gasteiger partial charge in [0.1, 0.15) is 0 Å². The van der Waals surface area contributed by atoms with Crippen LogP contribution in [0.3, 0.4) is 0 Å². The minimum atomic E-state index is -2.72. The summed E-state index contributed by atoms with van der Waals surface area (Å²) in [5.74, 6) is 0. The van der Waals surface area contributed by atoms with Gasteiger partial charge in [0.05, 0.1) is 18.7 Å². The third-order valence-electron chi connectivity index (χ3n) is 3.47. The lowest BCUT2D eigenvalue weighted by Gasteiger charge is -2.41. The molecule has 7 nitrogen and oxygen atoms in total. The molecule has 0 N–H and O–H groups in total. The highest BCUT2D eigenvalue weighted by molar-refractivity contribution is 6.85. The van der Waals surface area contributed by atoms with Crippen LogP contribution in [0.25, 0.3) is 0 Å². The highest BCUT2D eigenvalue weighted by Crippen LogP contribution is 2.23. The molecule has 0 aromatic carbocycles. The first-order valence-electron chi connectivity index (χ1n) is 9.63. The Labute approximate surface area is 163 Å². The van der Waals surface area contributed by atoms with Gasteiger partial charge in [-0.15, -0.1) is 0 Å². The minimum Gasteiger partial charge on any atom is -0.412 e. The van der Waals surface area contributed by atoms with Crippen LogP contribution in [0.4, 0.5) is 0 Å². The van der Waals surface area contributed by atoms with Gasteiger partial charge in [-0.3, -0.25) is 0 Å². The zero-order chi connectivity index (χ0) is 20.1. The van der Waals surface area contributed by atoms with Gasteiger partial charge >= 0.3 is 25.7 Å². The van der Waals surface area contributed by atoms with E-state index in [2.05, 4.69) is 0 Å². The first kappa shape index (κ1) is 26.4. The Morgan fingerprint density at radius 3 is 1.04 bits per heavy atom. The van der Waals surface area contributed by atoms with Crippen LogP contribution in [0.2, 0.25) is 19.6 Å². The minimum absolute atomic E-state index is 0.424. The first-order valence-corrected chi connectivity index (χ1v) is 17.2. The number of ether oxygens (including phenoxy) is 3. The van der Waals surface area contributed by atoms with Crippen molar-refractivity contribution in [3.05, 3.63) is 0 Å². The summed E-state index contributed by atoms with van der Waals surface area (Å²) in [4.78, 5) is 0. The molecule has 0 heterocycles. The average Bonchev–Trinajstić information content (AvgIpc) is 2.56. The maximum absolute atomic E-state index is 6.57. The second-order valence-electron chi connectivity index (χ2n) is 6.38. The topological polar surface area (TPSA) is 64.6 Å². The van der Waals surface area contributed by atoms with E-state index in [-0.39, 0.29) is 0 Å². The van der Waals surface area contributed by atoms with Crippen molar-refractivity contribution >= 4 is 25.7 Å². The molecule has 0 aliphatic carbocycles. The molecule has 0 saturated carbocycles. The molecule has 0 rings (SSSR count). The standard InChI is InChI=1S/C16H40O7Si3/c1-9-17-14-24(6,20-12-4)22-26(8,16-19-11-3)23-25(7,21-13-5)15-18-10-2/h9-16H2,1-8H3. The fourth-order valence-corrected chi connectivity index (χ4v) is 15.0. The molecule has 2 atom stereocenters. The van der Waals surface area contributed by atoms with Crippen LogP contribution >= 0.6 is 0 Å². The average molecular weight is 429 g/mol. The van der Waals surface area contributed by atoms with Crippen molar-refractivity contribution < 1.29 is 31.3 Å². The van der Waals surface area contributed by atoms with Crippen LogP contribution in [0.15, 0.2) is 0 Å². The van der Waals surface area contributed by atoms with E-state index >= 15 is 0 Å². The van der Waals surface area contributed by atoms with Crippen molar-refractivity contribution in [1.29, 1.82) is 0 Å². The fourth-order valence-electron chi connectivity index (χ4n) is 2.67. The normalized spacial score (nSPS) is 18.9. The van der Waals surface area contributed by atoms with Gasteiger partial charge in [0.15, 0.2) is 0 Å².